The van der Waals surface area contributed by atoms with Crippen molar-refractivity contribution in [3.63, 3.8) is 0 Å². The van der Waals surface area contributed by atoms with Crippen molar-refractivity contribution in [2.45, 2.75) is 45.1 Å². The minimum atomic E-state index is -0.413. The Balaban J connectivity index is 2.09. The number of nitrogens with zero attached hydrogens (tertiary/aromatic N) is 1. The maximum absolute atomic E-state index is 9.54. The average molecular weight is 258 g/mol. The largest absolute Gasteiger partial charge is 0.497 e. The number of methoxy groups -OCH3 is 1. The topological polar surface area (TPSA) is 45.0 Å². The molecular weight excluding hydrogens is 236 g/mol. The van der Waals surface area contributed by atoms with E-state index in [-0.39, 0.29) is 0 Å². The summed E-state index contributed by atoms with van der Waals surface area (Å²) in [7, 11) is 1.66. The van der Waals surface area contributed by atoms with Crippen molar-refractivity contribution in [2.24, 2.45) is 5.41 Å². The molecule has 0 spiro atoms. The zero-order valence-corrected chi connectivity index (χ0v) is 12.0. The van der Waals surface area contributed by atoms with Crippen molar-refractivity contribution in [3.8, 4) is 11.8 Å². The third-order valence-corrected chi connectivity index (χ3v) is 4.14. The second-order valence-corrected chi connectivity index (χ2v) is 6.21. The summed E-state index contributed by atoms with van der Waals surface area (Å²) in [4.78, 5) is 0. The summed E-state index contributed by atoms with van der Waals surface area (Å²) >= 11 is 0. The fourth-order valence-electron chi connectivity index (χ4n) is 2.57. The molecular formula is C16H22N2O. The van der Waals surface area contributed by atoms with Crippen molar-refractivity contribution in [1.82, 2.24) is 0 Å². The van der Waals surface area contributed by atoms with Crippen LogP contribution in [0.25, 0.3) is 0 Å². The minimum absolute atomic E-state index is 0.363. The Morgan fingerprint density at radius 3 is 2.16 bits per heavy atom. The van der Waals surface area contributed by atoms with Gasteiger partial charge in [-0.25, -0.2) is 0 Å². The molecule has 1 fully saturated rings. The zero-order valence-electron chi connectivity index (χ0n) is 12.0. The van der Waals surface area contributed by atoms with E-state index in [1.807, 2.05) is 24.3 Å². The summed E-state index contributed by atoms with van der Waals surface area (Å²) in [5.41, 5.74) is 0.938. The lowest BCUT2D eigenvalue weighted by molar-refractivity contribution is 0.206. The highest BCUT2D eigenvalue weighted by Crippen LogP contribution is 2.41. The summed E-state index contributed by atoms with van der Waals surface area (Å²) in [5.74, 6) is 0.835. The molecule has 0 atom stereocenters. The first-order chi connectivity index (χ1) is 8.99. The van der Waals surface area contributed by atoms with E-state index in [0.29, 0.717) is 5.41 Å². The highest BCUT2D eigenvalue weighted by molar-refractivity contribution is 5.50. The molecule has 0 radical (unpaired) electrons. The van der Waals surface area contributed by atoms with Gasteiger partial charge < -0.3 is 10.1 Å². The molecule has 0 amide bonds. The van der Waals surface area contributed by atoms with E-state index in [0.717, 1.165) is 37.1 Å². The van der Waals surface area contributed by atoms with Crippen LogP contribution in [0.3, 0.4) is 0 Å². The molecule has 0 aliphatic heterocycles. The molecule has 0 aromatic heterocycles. The van der Waals surface area contributed by atoms with Crippen LogP contribution >= 0.6 is 0 Å². The Morgan fingerprint density at radius 1 is 1.11 bits per heavy atom. The van der Waals surface area contributed by atoms with Crippen LogP contribution in [0.1, 0.15) is 39.5 Å². The van der Waals surface area contributed by atoms with Gasteiger partial charge in [-0.05, 0) is 55.4 Å². The summed E-state index contributed by atoms with van der Waals surface area (Å²) in [5, 5.41) is 13.0. The van der Waals surface area contributed by atoms with Gasteiger partial charge >= 0.3 is 0 Å². The third-order valence-electron chi connectivity index (χ3n) is 4.14. The predicted molar refractivity (Wildman–Crippen MR) is 77.2 cm³/mol. The van der Waals surface area contributed by atoms with Crippen LogP contribution in [0.15, 0.2) is 24.3 Å². The fraction of sp³-hybridized carbons (Fsp3) is 0.562. The Bertz CT molecular complexity index is 461. The molecule has 0 bridgehead atoms. The second-order valence-electron chi connectivity index (χ2n) is 6.21. The zero-order chi connectivity index (χ0) is 13.9. The molecule has 0 heterocycles. The van der Waals surface area contributed by atoms with Gasteiger partial charge in [-0.15, -0.1) is 0 Å². The van der Waals surface area contributed by atoms with Gasteiger partial charge in [0.25, 0.3) is 0 Å². The highest BCUT2D eigenvalue weighted by atomic mass is 16.5. The number of anilines is 1. The number of hydrogen-bond donors (Lipinski definition) is 1. The molecule has 1 aliphatic carbocycles. The summed E-state index contributed by atoms with van der Waals surface area (Å²) in [6.45, 7) is 4.56. The van der Waals surface area contributed by atoms with E-state index in [2.05, 4.69) is 25.2 Å². The Hall–Kier alpha value is -1.69. The lowest BCUT2D eigenvalue weighted by Gasteiger charge is -2.40. The van der Waals surface area contributed by atoms with Crippen LogP contribution in [0.2, 0.25) is 0 Å². The highest BCUT2D eigenvalue weighted by Gasteiger charge is 2.38. The molecule has 1 saturated carbocycles. The first kappa shape index (κ1) is 13.7. The standard InChI is InChI=1S/C16H22N2O/c1-15(2)8-10-16(12-17,11-9-15)18-13-4-6-14(19-3)7-5-13/h4-7,18H,8-11H2,1-3H3. The molecule has 3 nitrogen and oxygen atoms in total. The molecule has 0 saturated heterocycles. The van der Waals surface area contributed by atoms with E-state index in [9.17, 15) is 5.26 Å². The summed E-state index contributed by atoms with van der Waals surface area (Å²) < 4.78 is 5.15. The van der Waals surface area contributed by atoms with Crippen molar-refractivity contribution < 1.29 is 4.74 Å². The predicted octanol–water partition coefficient (Wildman–Crippen LogP) is 3.97. The van der Waals surface area contributed by atoms with Gasteiger partial charge in [0.15, 0.2) is 0 Å². The average Bonchev–Trinajstić information content (AvgIpc) is 2.42. The van der Waals surface area contributed by atoms with E-state index in [4.69, 9.17) is 4.74 Å². The van der Waals surface area contributed by atoms with Crippen molar-refractivity contribution in [1.29, 1.82) is 5.26 Å². The van der Waals surface area contributed by atoms with E-state index in [1.165, 1.54) is 0 Å². The fourth-order valence-corrected chi connectivity index (χ4v) is 2.57. The van der Waals surface area contributed by atoms with Crippen LogP contribution in [0.4, 0.5) is 5.69 Å². The number of nitrogens with one attached hydrogen (secondary N) is 1. The molecule has 19 heavy (non-hydrogen) atoms. The summed E-state index contributed by atoms with van der Waals surface area (Å²) in [6, 6.07) is 10.3. The molecule has 1 aliphatic rings. The molecule has 1 N–H and O–H groups in total. The van der Waals surface area contributed by atoms with E-state index in [1.54, 1.807) is 7.11 Å². The third kappa shape index (κ3) is 3.20. The lowest BCUT2D eigenvalue weighted by Crippen LogP contribution is -2.42. The second kappa shape index (κ2) is 5.13. The van der Waals surface area contributed by atoms with Gasteiger partial charge in [0.05, 0.1) is 13.2 Å². The van der Waals surface area contributed by atoms with Crippen LogP contribution in [-0.2, 0) is 0 Å². The van der Waals surface area contributed by atoms with Gasteiger partial charge in [-0.3, -0.25) is 0 Å². The monoisotopic (exact) mass is 258 g/mol. The van der Waals surface area contributed by atoms with E-state index >= 15 is 0 Å². The molecule has 1 aromatic rings. The Labute approximate surface area is 115 Å². The van der Waals surface area contributed by atoms with Gasteiger partial charge in [-0.2, -0.15) is 5.26 Å². The minimum Gasteiger partial charge on any atom is -0.497 e. The van der Waals surface area contributed by atoms with Gasteiger partial charge in [0, 0.05) is 5.69 Å². The quantitative estimate of drug-likeness (QED) is 0.892. The van der Waals surface area contributed by atoms with E-state index < -0.39 is 5.54 Å². The molecule has 0 unspecified atom stereocenters. The summed E-state index contributed by atoms with van der Waals surface area (Å²) in [6.07, 6.45) is 3.98. The van der Waals surface area contributed by atoms with Crippen LogP contribution < -0.4 is 10.1 Å². The SMILES string of the molecule is COc1ccc(NC2(C#N)CCC(C)(C)CC2)cc1. The molecule has 3 heteroatoms. The molecule has 2 rings (SSSR count). The van der Waals surface area contributed by atoms with Crippen LogP contribution in [0, 0.1) is 16.7 Å². The Morgan fingerprint density at radius 2 is 1.68 bits per heavy atom. The van der Waals surface area contributed by atoms with Crippen LogP contribution in [0.5, 0.6) is 5.75 Å². The van der Waals surface area contributed by atoms with Gasteiger partial charge in [0.1, 0.15) is 11.3 Å². The lowest BCUT2D eigenvalue weighted by atomic mass is 9.70. The van der Waals surface area contributed by atoms with Gasteiger partial charge in [-0.1, -0.05) is 13.8 Å². The van der Waals surface area contributed by atoms with Crippen LogP contribution in [-0.4, -0.2) is 12.6 Å². The van der Waals surface area contributed by atoms with Crippen molar-refractivity contribution in [3.05, 3.63) is 24.3 Å². The number of benzene rings is 1. The first-order valence-corrected chi connectivity index (χ1v) is 6.82. The van der Waals surface area contributed by atoms with Gasteiger partial charge in [0.2, 0.25) is 0 Å². The maximum Gasteiger partial charge on any atom is 0.125 e. The number of nitriles is 1. The van der Waals surface area contributed by atoms with Crippen molar-refractivity contribution in [2.75, 3.05) is 12.4 Å². The maximum atomic E-state index is 9.54. The Kier molecular flexibility index (Phi) is 3.71. The number of hydrogen-bond acceptors (Lipinski definition) is 3. The molecule has 102 valence electrons. The smallest absolute Gasteiger partial charge is 0.125 e. The van der Waals surface area contributed by atoms with Crippen molar-refractivity contribution >= 4 is 5.69 Å². The molecule has 1 aromatic carbocycles. The number of rotatable bonds is 3. The first-order valence-electron chi connectivity index (χ1n) is 6.82. The number of ether oxygens (including phenoxy) is 1. The normalized spacial score (nSPS) is 20.3.